The molecule has 1 aromatic rings. The van der Waals surface area contributed by atoms with Gasteiger partial charge < -0.3 is 10.1 Å². The van der Waals surface area contributed by atoms with Gasteiger partial charge in [-0.05, 0) is 25.2 Å². The SMILES string of the molecule is CCOC(=O)NC(=S)Nc1ncc(Cl)cc1Cl. The predicted molar refractivity (Wildman–Crippen MR) is 70.6 cm³/mol. The van der Waals surface area contributed by atoms with Crippen molar-refractivity contribution in [1.29, 1.82) is 0 Å². The van der Waals surface area contributed by atoms with Crippen molar-refractivity contribution >= 4 is 52.4 Å². The minimum atomic E-state index is -0.643. The number of rotatable bonds is 2. The quantitative estimate of drug-likeness (QED) is 0.821. The van der Waals surface area contributed by atoms with E-state index in [4.69, 9.17) is 35.4 Å². The Hall–Kier alpha value is -1.11. The molecule has 0 saturated heterocycles. The van der Waals surface area contributed by atoms with Crippen LogP contribution in [0.5, 0.6) is 0 Å². The molecule has 0 aliphatic carbocycles. The van der Waals surface area contributed by atoms with Crippen molar-refractivity contribution in [1.82, 2.24) is 10.3 Å². The Morgan fingerprint density at radius 3 is 2.88 bits per heavy atom. The van der Waals surface area contributed by atoms with Gasteiger partial charge in [-0.15, -0.1) is 0 Å². The number of amides is 1. The van der Waals surface area contributed by atoms with E-state index in [9.17, 15) is 4.79 Å². The first kappa shape index (κ1) is 14.0. The van der Waals surface area contributed by atoms with Crippen molar-refractivity contribution < 1.29 is 9.53 Å². The highest BCUT2D eigenvalue weighted by molar-refractivity contribution is 7.80. The van der Waals surface area contributed by atoms with Crippen LogP contribution in [0.4, 0.5) is 10.6 Å². The lowest BCUT2D eigenvalue weighted by Crippen LogP contribution is -2.34. The third kappa shape index (κ3) is 4.72. The fourth-order valence-corrected chi connectivity index (χ4v) is 1.51. The highest BCUT2D eigenvalue weighted by Gasteiger charge is 2.08. The summed E-state index contributed by atoms with van der Waals surface area (Å²) in [5, 5.41) is 5.69. The molecule has 17 heavy (non-hydrogen) atoms. The Balaban J connectivity index is 2.59. The molecule has 1 amide bonds. The summed E-state index contributed by atoms with van der Waals surface area (Å²) in [5.74, 6) is 0.304. The van der Waals surface area contributed by atoms with E-state index in [1.54, 1.807) is 6.92 Å². The van der Waals surface area contributed by atoms with Gasteiger partial charge in [0.1, 0.15) is 0 Å². The molecular formula is C9H9Cl2N3O2S. The Bertz CT molecular complexity index is 442. The second kappa shape index (κ2) is 6.58. The molecule has 0 aliphatic rings. The van der Waals surface area contributed by atoms with Crippen molar-refractivity contribution in [2.24, 2.45) is 0 Å². The molecular weight excluding hydrogens is 285 g/mol. The van der Waals surface area contributed by atoms with Gasteiger partial charge in [0.2, 0.25) is 0 Å². The van der Waals surface area contributed by atoms with Gasteiger partial charge in [-0.2, -0.15) is 0 Å². The van der Waals surface area contributed by atoms with Crippen molar-refractivity contribution in [3.8, 4) is 0 Å². The summed E-state index contributed by atoms with van der Waals surface area (Å²) >= 11 is 16.4. The molecule has 92 valence electrons. The molecule has 0 aromatic carbocycles. The molecule has 8 heteroatoms. The summed E-state index contributed by atoms with van der Waals surface area (Å²) in [7, 11) is 0. The lowest BCUT2D eigenvalue weighted by molar-refractivity contribution is 0.158. The third-order valence-corrected chi connectivity index (χ3v) is 2.23. The lowest BCUT2D eigenvalue weighted by atomic mass is 10.4. The Labute approximate surface area is 113 Å². The molecule has 0 radical (unpaired) electrons. The van der Waals surface area contributed by atoms with Gasteiger partial charge in [0.15, 0.2) is 10.9 Å². The molecule has 5 nitrogen and oxygen atoms in total. The summed E-state index contributed by atoms with van der Waals surface area (Å²) < 4.78 is 4.65. The number of thiocarbonyl (C=S) groups is 1. The van der Waals surface area contributed by atoms with Gasteiger partial charge in [0, 0.05) is 6.20 Å². The average molecular weight is 294 g/mol. The standard InChI is InChI=1S/C9H9Cl2N3O2S/c1-2-16-9(15)14-8(17)13-7-6(11)3-5(10)4-12-7/h3-4H,2H2,1H3,(H2,12,13,14,15,17). The minimum absolute atomic E-state index is 0.0418. The average Bonchev–Trinajstić information content (AvgIpc) is 2.22. The van der Waals surface area contributed by atoms with Crippen LogP contribution in [0.2, 0.25) is 10.0 Å². The van der Waals surface area contributed by atoms with Crippen LogP contribution in [0.25, 0.3) is 0 Å². The molecule has 0 saturated carbocycles. The fourth-order valence-electron chi connectivity index (χ4n) is 0.905. The van der Waals surface area contributed by atoms with Gasteiger partial charge in [-0.1, -0.05) is 23.2 Å². The molecule has 0 bridgehead atoms. The maximum atomic E-state index is 11.0. The van der Waals surface area contributed by atoms with Gasteiger partial charge >= 0.3 is 6.09 Å². The Morgan fingerprint density at radius 1 is 1.59 bits per heavy atom. The van der Waals surface area contributed by atoms with Crippen LogP contribution in [0.15, 0.2) is 12.3 Å². The largest absolute Gasteiger partial charge is 0.450 e. The summed E-state index contributed by atoms with van der Waals surface area (Å²) in [6, 6.07) is 1.51. The molecule has 2 N–H and O–H groups in total. The number of hydrogen-bond acceptors (Lipinski definition) is 4. The number of ether oxygens (including phenoxy) is 1. The normalized spacial score (nSPS) is 9.59. The summed E-state index contributed by atoms with van der Waals surface area (Å²) in [6.45, 7) is 1.95. The smallest absolute Gasteiger partial charge is 0.413 e. The molecule has 1 heterocycles. The number of aromatic nitrogens is 1. The van der Waals surface area contributed by atoms with Crippen molar-refractivity contribution in [3.05, 3.63) is 22.3 Å². The highest BCUT2D eigenvalue weighted by Crippen LogP contribution is 2.22. The molecule has 0 atom stereocenters. The summed E-state index contributed by atoms with van der Waals surface area (Å²) in [4.78, 5) is 15.0. The number of carbonyl (C=O) groups excluding carboxylic acids is 1. The molecule has 1 rings (SSSR count). The van der Waals surface area contributed by atoms with E-state index in [-0.39, 0.29) is 11.7 Å². The molecule has 1 aromatic heterocycles. The van der Waals surface area contributed by atoms with Gasteiger partial charge in [-0.3, -0.25) is 5.32 Å². The molecule has 0 spiro atoms. The number of anilines is 1. The van der Waals surface area contributed by atoms with Crippen LogP contribution in [0.3, 0.4) is 0 Å². The van der Waals surface area contributed by atoms with E-state index >= 15 is 0 Å². The van der Waals surface area contributed by atoms with E-state index in [1.807, 2.05) is 0 Å². The van der Waals surface area contributed by atoms with E-state index in [0.29, 0.717) is 15.9 Å². The Kier molecular flexibility index (Phi) is 5.40. The van der Waals surface area contributed by atoms with Crippen LogP contribution in [-0.4, -0.2) is 22.8 Å². The van der Waals surface area contributed by atoms with E-state index in [0.717, 1.165) is 0 Å². The van der Waals surface area contributed by atoms with Crippen LogP contribution in [0.1, 0.15) is 6.92 Å². The zero-order valence-electron chi connectivity index (χ0n) is 8.79. The first-order chi connectivity index (χ1) is 8.02. The number of nitrogens with zero attached hydrogens (tertiary/aromatic N) is 1. The number of carbonyl (C=O) groups is 1. The van der Waals surface area contributed by atoms with E-state index in [2.05, 4.69) is 20.4 Å². The van der Waals surface area contributed by atoms with Crippen LogP contribution < -0.4 is 10.6 Å². The highest BCUT2D eigenvalue weighted by atomic mass is 35.5. The lowest BCUT2D eigenvalue weighted by Gasteiger charge is -2.09. The van der Waals surface area contributed by atoms with Crippen LogP contribution >= 0.6 is 35.4 Å². The minimum Gasteiger partial charge on any atom is -0.450 e. The van der Waals surface area contributed by atoms with E-state index in [1.165, 1.54) is 12.3 Å². The summed E-state index contributed by atoms with van der Waals surface area (Å²) in [5.41, 5.74) is 0. The van der Waals surface area contributed by atoms with Crippen LogP contribution in [-0.2, 0) is 4.74 Å². The second-order valence-electron chi connectivity index (χ2n) is 2.78. The monoisotopic (exact) mass is 293 g/mol. The number of nitrogens with one attached hydrogen (secondary N) is 2. The van der Waals surface area contributed by atoms with Gasteiger partial charge in [0.05, 0.1) is 16.7 Å². The first-order valence-electron chi connectivity index (χ1n) is 4.58. The maximum absolute atomic E-state index is 11.0. The van der Waals surface area contributed by atoms with E-state index < -0.39 is 6.09 Å². The third-order valence-electron chi connectivity index (χ3n) is 1.53. The topological polar surface area (TPSA) is 63.2 Å². The Morgan fingerprint density at radius 2 is 2.29 bits per heavy atom. The number of pyridine rings is 1. The van der Waals surface area contributed by atoms with Gasteiger partial charge in [0.25, 0.3) is 0 Å². The molecule has 0 aliphatic heterocycles. The maximum Gasteiger partial charge on any atom is 0.413 e. The first-order valence-corrected chi connectivity index (χ1v) is 5.75. The molecule has 0 unspecified atom stereocenters. The predicted octanol–water partition coefficient (Wildman–Crippen LogP) is 2.83. The summed E-state index contributed by atoms with van der Waals surface area (Å²) in [6.07, 6.45) is 0.762. The number of alkyl carbamates (subject to hydrolysis) is 1. The number of hydrogen-bond donors (Lipinski definition) is 2. The van der Waals surface area contributed by atoms with Crippen LogP contribution in [0, 0.1) is 0 Å². The van der Waals surface area contributed by atoms with Gasteiger partial charge in [-0.25, -0.2) is 9.78 Å². The fraction of sp³-hybridized carbons (Fsp3) is 0.222. The molecule has 0 fully saturated rings. The van der Waals surface area contributed by atoms with Crippen molar-refractivity contribution in [2.75, 3.05) is 11.9 Å². The second-order valence-corrected chi connectivity index (χ2v) is 4.04. The zero-order valence-corrected chi connectivity index (χ0v) is 11.1. The zero-order chi connectivity index (χ0) is 12.8. The van der Waals surface area contributed by atoms with Crippen molar-refractivity contribution in [3.63, 3.8) is 0 Å². The van der Waals surface area contributed by atoms with Crippen molar-refractivity contribution in [2.45, 2.75) is 6.92 Å². The number of halogens is 2.